The van der Waals surface area contributed by atoms with Gasteiger partial charge >= 0.3 is 0 Å². The van der Waals surface area contributed by atoms with Gasteiger partial charge in [0, 0.05) is 67.2 Å². The maximum Gasteiger partial charge on any atom is 0.187 e. The van der Waals surface area contributed by atoms with Gasteiger partial charge in [0.2, 0.25) is 0 Å². The van der Waals surface area contributed by atoms with E-state index in [9.17, 15) is 4.79 Å². The van der Waals surface area contributed by atoms with Crippen LogP contribution < -0.4 is 5.43 Å². The highest BCUT2D eigenvalue weighted by atomic mass is 16.1. The Kier molecular flexibility index (Phi) is 4.70. The van der Waals surface area contributed by atoms with Crippen molar-refractivity contribution in [2.24, 2.45) is 7.05 Å². The Morgan fingerprint density at radius 1 is 1.11 bits per heavy atom. The van der Waals surface area contributed by atoms with Gasteiger partial charge in [-0.25, -0.2) is 0 Å². The predicted molar refractivity (Wildman–Crippen MR) is 108 cm³/mol. The van der Waals surface area contributed by atoms with Crippen molar-refractivity contribution in [3.63, 3.8) is 0 Å². The Labute approximate surface area is 159 Å². The number of nitrogens with one attached hydrogen (secondary N) is 1. The molecule has 0 aliphatic carbocycles. The van der Waals surface area contributed by atoms with E-state index in [4.69, 9.17) is 5.10 Å². The first-order valence-electron chi connectivity index (χ1n) is 9.55. The van der Waals surface area contributed by atoms with Crippen molar-refractivity contribution in [2.75, 3.05) is 13.1 Å². The molecule has 27 heavy (non-hydrogen) atoms. The summed E-state index contributed by atoms with van der Waals surface area (Å²) in [5.74, 6) is 0. The van der Waals surface area contributed by atoms with Gasteiger partial charge in [-0.3, -0.25) is 14.4 Å². The van der Waals surface area contributed by atoms with Gasteiger partial charge < -0.3 is 4.98 Å². The van der Waals surface area contributed by atoms with Crippen molar-refractivity contribution in [2.45, 2.75) is 33.2 Å². The van der Waals surface area contributed by atoms with Crippen LogP contribution in [0.4, 0.5) is 0 Å². The van der Waals surface area contributed by atoms with Crippen LogP contribution in [-0.4, -0.2) is 32.8 Å². The third kappa shape index (κ3) is 3.35. The normalized spacial score (nSPS) is 14.8. The van der Waals surface area contributed by atoms with Crippen LogP contribution in [0.1, 0.15) is 28.1 Å². The lowest BCUT2D eigenvalue weighted by molar-refractivity contribution is 0.274. The van der Waals surface area contributed by atoms with Gasteiger partial charge in [-0.05, 0) is 20.3 Å². The molecule has 0 fully saturated rings. The molecular weight excluding hydrogens is 336 g/mol. The summed E-state index contributed by atoms with van der Waals surface area (Å²) in [6.07, 6.45) is 3.74. The second-order valence-electron chi connectivity index (χ2n) is 7.44. The Bertz CT molecular complexity index is 1020. The average Bonchev–Trinajstić information content (AvgIpc) is 2.87. The molecule has 0 unspecified atom stereocenters. The number of aromatic amines is 1. The molecule has 5 heteroatoms. The summed E-state index contributed by atoms with van der Waals surface area (Å²) in [6.45, 7) is 6.47. The largest absolute Gasteiger partial charge is 0.363 e. The van der Waals surface area contributed by atoms with Gasteiger partial charge in [0.25, 0.3) is 0 Å². The van der Waals surface area contributed by atoms with Crippen LogP contribution in [0.5, 0.6) is 0 Å². The van der Waals surface area contributed by atoms with Crippen LogP contribution >= 0.6 is 0 Å². The maximum atomic E-state index is 12.2. The highest BCUT2D eigenvalue weighted by Crippen LogP contribution is 2.28. The minimum Gasteiger partial charge on any atom is -0.363 e. The van der Waals surface area contributed by atoms with Crippen LogP contribution in [-0.2, 0) is 26.4 Å². The van der Waals surface area contributed by atoms with Crippen LogP contribution in [0.2, 0.25) is 0 Å². The fraction of sp³-hybridized carbons (Fsp3) is 0.364. The van der Waals surface area contributed by atoms with Crippen LogP contribution in [0.15, 0.2) is 41.3 Å². The lowest BCUT2D eigenvalue weighted by Gasteiger charge is -2.21. The van der Waals surface area contributed by atoms with E-state index < -0.39 is 0 Å². The van der Waals surface area contributed by atoms with Crippen molar-refractivity contribution in [1.29, 1.82) is 0 Å². The fourth-order valence-corrected chi connectivity index (χ4v) is 4.04. The minimum absolute atomic E-state index is 0.149. The number of pyridine rings is 1. The van der Waals surface area contributed by atoms with Crippen molar-refractivity contribution in [3.8, 4) is 11.3 Å². The van der Waals surface area contributed by atoms with Gasteiger partial charge in [-0.15, -0.1) is 0 Å². The summed E-state index contributed by atoms with van der Waals surface area (Å²) in [5.41, 5.74) is 7.79. The third-order valence-electron chi connectivity index (χ3n) is 5.61. The summed E-state index contributed by atoms with van der Waals surface area (Å²) in [7, 11) is 2.04. The zero-order valence-electron chi connectivity index (χ0n) is 16.2. The summed E-state index contributed by atoms with van der Waals surface area (Å²) in [6, 6.07) is 10.5. The van der Waals surface area contributed by atoms with Gasteiger partial charge in [-0.2, -0.15) is 5.10 Å². The van der Waals surface area contributed by atoms with Crippen molar-refractivity contribution < 1.29 is 0 Å². The van der Waals surface area contributed by atoms with Crippen molar-refractivity contribution >= 4 is 0 Å². The van der Waals surface area contributed by atoms with Crippen LogP contribution in [0.3, 0.4) is 0 Å². The third-order valence-corrected chi connectivity index (χ3v) is 5.61. The van der Waals surface area contributed by atoms with E-state index in [-0.39, 0.29) is 5.43 Å². The first-order chi connectivity index (χ1) is 13.0. The summed E-state index contributed by atoms with van der Waals surface area (Å²) in [4.78, 5) is 18.0. The first-order valence-corrected chi connectivity index (χ1v) is 9.55. The number of nitrogens with zero attached hydrogens (tertiary/aromatic N) is 3. The molecule has 4 rings (SSSR count). The van der Waals surface area contributed by atoms with Gasteiger partial charge in [0.1, 0.15) is 0 Å². The lowest BCUT2D eigenvalue weighted by Crippen LogP contribution is -2.28. The zero-order chi connectivity index (χ0) is 19.0. The molecule has 140 valence electrons. The topological polar surface area (TPSA) is 53.9 Å². The monoisotopic (exact) mass is 362 g/mol. The number of H-pyrrole nitrogens is 1. The van der Waals surface area contributed by atoms with Crippen LogP contribution in [0.25, 0.3) is 11.3 Å². The smallest absolute Gasteiger partial charge is 0.187 e. The fourth-order valence-electron chi connectivity index (χ4n) is 4.04. The highest BCUT2D eigenvalue weighted by Gasteiger charge is 2.22. The van der Waals surface area contributed by atoms with E-state index in [1.165, 1.54) is 22.5 Å². The lowest BCUT2D eigenvalue weighted by atomic mass is 10.0. The molecule has 0 bridgehead atoms. The molecule has 2 aromatic heterocycles. The molecule has 0 saturated carbocycles. The Morgan fingerprint density at radius 3 is 2.63 bits per heavy atom. The standard InChI is InChI=1S/C22H26N4O/c1-15-13-23-20(16(2)22(15)27)14-26-11-9-18-19(10-12-26)24-25(3)21(18)17-7-5-4-6-8-17/h4-8,13H,9-12,14H2,1-3H3,(H,23,27). The second kappa shape index (κ2) is 7.16. The number of fused-ring (bicyclic) bond motifs is 1. The Morgan fingerprint density at radius 2 is 1.85 bits per heavy atom. The van der Waals surface area contributed by atoms with E-state index in [1.54, 1.807) is 0 Å². The molecule has 5 nitrogen and oxygen atoms in total. The van der Waals surface area contributed by atoms with Crippen molar-refractivity contribution in [1.82, 2.24) is 19.7 Å². The molecule has 3 heterocycles. The SMILES string of the molecule is Cc1c[nH]c(CN2CCc3nn(C)c(-c4ccccc4)c3CC2)c(C)c1=O. The molecule has 1 aliphatic rings. The molecule has 0 spiro atoms. The highest BCUT2D eigenvalue weighted by molar-refractivity contribution is 5.65. The van der Waals surface area contributed by atoms with E-state index in [0.717, 1.165) is 49.3 Å². The van der Waals surface area contributed by atoms with E-state index in [2.05, 4.69) is 34.1 Å². The quantitative estimate of drug-likeness (QED) is 0.779. The Hall–Kier alpha value is -2.66. The number of aryl methyl sites for hydroxylation is 2. The van der Waals surface area contributed by atoms with Gasteiger partial charge in [0.15, 0.2) is 5.43 Å². The summed E-state index contributed by atoms with van der Waals surface area (Å²) >= 11 is 0. The first kappa shape index (κ1) is 17.7. The molecule has 0 saturated heterocycles. The van der Waals surface area contributed by atoms with Crippen molar-refractivity contribution in [3.05, 3.63) is 74.8 Å². The molecule has 1 aromatic carbocycles. The molecule has 3 aromatic rings. The number of hydrogen-bond donors (Lipinski definition) is 1. The zero-order valence-corrected chi connectivity index (χ0v) is 16.2. The number of aromatic nitrogens is 3. The van der Waals surface area contributed by atoms with Gasteiger partial charge in [0.05, 0.1) is 11.4 Å². The van der Waals surface area contributed by atoms with Crippen LogP contribution in [0, 0.1) is 13.8 Å². The summed E-state index contributed by atoms with van der Waals surface area (Å²) < 4.78 is 2.03. The van der Waals surface area contributed by atoms with E-state index in [1.807, 2.05) is 37.8 Å². The molecule has 1 aliphatic heterocycles. The average molecular weight is 362 g/mol. The molecule has 0 amide bonds. The number of hydrogen-bond acceptors (Lipinski definition) is 3. The molecular formula is C22H26N4O. The molecule has 0 radical (unpaired) electrons. The maximum absolute atomic E-state index is 12.2. The predicted octanol–water partition coefficient (Wildman–Crippen LogP) is 2.99. The number of rotatable bonds is 3. The minimum atomic E-state index is 0.149. The van der Waals surface area contributed by atoms with E-state index >= 15 is 0 Å². The molecule has 1 N–H and O–H groups in total. The number of benzene rings is 1. The van der Waals surface area contributed by atoms with Gasteiger partial charge in [-0.1, -0.05) is 30.3 Å². The second-order valence-corrected chi connectivity index (χ2v) is 7.44. The van der Waals surface area contributed by atoms with E-state index in [0.29, 0.717) is 0 Å². The summed E-state index contributed by atoms with van der Waals surface area (Å²) in [5, 5.41) is 4.80. The Balaban J connectivity index is 1.57. The molecule has 0 atom stereocenters.